The van der Waals surface area contributed by atoms with Gasteiger partial charge in [0.15, 0.2) is 0 Å². The van der Waals surface area contributed by atoms with Gasteiger partial charge in [-0.2, -0.15) is 0 Å². The topological polar surface area (TPSA) is 76.0 Å². The normalized spacial score (nSPS) is 48.4. The lowest BCUT2D eigenvalue weighted by Gasteiger charge is -2.58. The summed E-state index contributed by atoms with van der Waals surface area (Å²) in [4.78, 5) is 32.9. The minimum absolute atomic E-state index is 0.0708. The van der Waals surface area contributed by atoms with Crippen LogP contribution in [0.1, 0.15) is 85.0 Å². The standard InChI is InChI=1S/C28H39NO4/c1-16(2)22-11-19-13-26(15-30)21-10-9-17(3)20(21)14-27(19,28(22,26)25(31)32)24-12-23(33-29-24)18-7-5-4-6-8-18/h11,15-21,23H,4-10,12-14H2,1-3H3,(H,31,32)/t17-,19-,20-,21-,23?,26+,27-,28+/m1/s1. The number of carboxylic acid groups (broad SMARTS) is 1. The monoisotopic (exact) mass is 453 g/mol. The Morgan fingerprint density at radius 2 is 1.94 bits per heavy atom. The van der Waals surface area contributed by atoms with Gasteiger partial charge in [-0.25, -0.2) is 0 Å². The van der Waals surface area contributed by atoms with E-state index in [0.717, 1.165) is 43.3 Å². The van der Waals surface area contributed by atoms with Gasteiger partial charge < -0.3 is 14.7 Å². The molecule has 1 heterocycles. The molecule has 0 amide bonds. The van der Waals surface area contributed by atoms with Gasteiger partial charge >= 0.3 is 5.97 Å². The van der Waals surface area contributed by atoms with Crippen molar-refractivity contribution in [1.82, 2.24) is 0 Å². The van der Waals surface area contributed by atoms with E-state index < -0.39 is 22.2 Å². The number of aliphatic carboxylic acids is 1. The van der Waals surface area contributed by atoms with Crippen LogP contribution in [0.4, 0.5) is 0 Å². The van der Waals surface area contributed by atoms with Crippen LogP contribution < -0.4 is 0 Å². The molecule has 0 radical (unpaired) electrons. The molecule has 6 rings (SSSR count). The predicted octanol–water partition coefficient (Wildman–Crippen LogP) is 5.64. The molecule has 0 aromatic carbocycles. The lowest BCUT2D eigenvalue weighted by molar-refractivity contribution is -0.173. The maximum Gasteiger partial charge on any atom is 0.315 e. The highest BCUT2D eigenvalue weighted by Crippen LogP contribution is 2.83. The second-order valence-corrected chi connectivity index (χ2v) is 12.6. The molecular weight excluding hydrogens is 414 g/mol. The molecule has 0 saturated heterocycles. The van der Waals surface area contributed by atoms with Crippen LogP contribution in [0.5, 0.6) is 0 Å². The summed E-state index contributed by atoms with van der Waals surface area (Å²) in [5.41, 5.74) is -0.645. The number of oxime groups is 1. The number of carboxylic acids is 1. The lowest BCUT2D eigenvalue weighted by Crippen LogP contribution is -2.64. The van der Waals surface area contributed by atoms with Crippen molar-refractivity contribution < 1.29 is 19.5 Å². The summed E-state index contributed by atoms with van der Waals surface area (Å²) < 4.78 is 0. The highest BCUT2D eigenvalue weighted by Gasteiger charge is 2.85. The predicted molar refractivity (Wildman–Crippen MR) is 126 cm³/mol. The van der Waals surface area contributed by atoms with Crippen molar-refractivity contribution >= 4 is 18.0 Å². The van der Waals surface area contributed by atoms with Crippen molar-refractivity contribution in [2.75, 3.05) is 0 Å². The molecule has 4 fully saturated rings. The van der Waals surface area contributed by atoms with Crippen molar-refractivity contribution in [3.05, 3.63) is 11.6 Å². The molecule has 8 atom stereocenters. The van der Waals surface area contributed by atoms with Gasteiger partial charge in [0.05, 0.1) is 11.1 Å². The Balaban J connectivity index is 1.50. The van der Waals surface area contributed by atoms with E-state index in [1.165, 1.54) is 32.1 Å². The number of carbonyl (C=O) groups excluding carboxylic acids is 1. The van der Waals surface area contributed by atoms with Crippen LogP contribution in [0.3, 0.4) is 0 Å². The van der Waals surface area contributed by atoms with Gasteiger partial charge in [0.25, 0.3) is 0 Å². The second-order valence-electron chi connectivity index (χ2n) is 12.6. The number of allylic oxidation sites excluding steroid dienone is 1. The minimum atomic E-state index is -1.17. The number of rotatable bonds is 5. The molecule has 4 saturated carbocycles. The molecule has 5 aliphatic carbocycles. The molecule has 33 heavy (non-hydrogen) atoms. The first-order chi connectivity index (χ1) is 15.8. The van der Waals surface area contributed by atoms with E-state index >= 15 is 0 Å². The molecule has 0 aromatic heterocycles. The number of nitrogens with zero attached hydrogens (tertiary/aromatic N) is 1. The number of hydrogen-bond donors (Lipinski definition) is 1. The third kappa shape index (κ3) is 2.37. The van der Waals surface area contributed by atoms with Crippen molar-refractivity contribution in [3.8, 4) is 0 Å². The number of fused-ring (bicyclic) bond motifs is 2. The zero-order chi connectivity index (χ0) is 23.2. The van der Waals surface area contributed by atoms with Crippen LogP contribution in [-0.2, 0) is 14.4 Å². The Hall–Kier alpha value is -1.65. The molecule has 5 heteroatoms. The number of hydrogen-bond acceptors (Lipinski definition) is 4. The minimum Gasteiger partial charge on any atom is -0.481 e. The summed E-state index contributed by atoms with van der Waals surface area (Å²) in [6.45, 7) is 6.52. The fourth-order valence-electron chi connectivity index (χ4n) is 10.1. The van der Waals surface area contributed by atoms with E-state index in [-0.39, 0.29) is 23.9 Å². The Labute approximate surface area is 197 Å². The van der Waals surface area contributed by atoms with Crippen molar-refractivity contribution in [2.45, 2.75) is 91.1 Å². The van der Waals surface area contributed by atoms with Crippen molar-refractivity contribution in [2.24, 2.45) is 56.9 Å². The van der Waals surface area contributed by atoms with Crippen molar-refractivity contribution in [3.63, 3.8) is 0 Å². The van der Waals surface area contributed by atoms with Gasteiger partial charge in [0.1, 0.15) is 17.8 Å². The molecule has 0 spiro atoms. The third-order valence-corrected chi connectivity index (χ3v) is 11.3. The average molecular weight is 454 g/mol. The Kier molecular flexibility index (Phi) is 4.75. The zero-order valence-corrected chi connectivity index (χ0v) is 20.4. The summed E-state index contributed by atoms with van der Waals surface area (Å²) >= 11 is 0. The lowest BCUT2D eigenvalue weighted by atomic mass is 9.41. The summed E-state index contributed by atoms with van der Waals surface area (Å²) in [5.74, 6) is 0.973. The summed E-state index contributed by atoms with van der Waals surface area (Å²) in [6, 6.07) is 0. The van der Waals surface area contributed by atoms with Gasteiger partial charge in [-0.3, -0.25) is 4.79 Å². The highest BCUT2D eigenvalue weighted by atomic mass is 16.6. The first-order valence-corrected chi connectivity index (χ1v) is 13.5. The quantitative estimate of drug-likeness (QED) is 0.432. The molecule has 180 valence electrons. The van der Waals surface area contributed by atoms with Crippen LogP contribution in [0.2, 0.25) is 0 Å². The second kappa shape index (κ2) is 7.18. The van der Waals surface area contributed by atoms with E-state index in [4.69, 9.17) is 9.99 Å². The summed E-state index contributed by atoms with van der Waals surface area (Å²) in [7, 11) is 0. The van der Waals surface area contributed by atoms with Crippen LogP contribution in [0.25, 0.3) is 0 Å². The molecule has 0 aromatic rings. The largest absolute Gasteiger partial charge is 0.481 e. The first kappa shape index (κ1) is 21.9. The molecule has 5 nitrogen and oxygen atoms in total. The van der Waals surface area contributed by atoms with E-state index in [2.05, 4.69) is 26.8 Å². The Bertz CT molecular complexity index is 932. The fourth-order valence-corrected chi connectivity index (χ4v) is 10.1. The van der Waals surface area contributed by atoms with Gasteiger partial charge in [0, 0.05) is 11.8 Å². The maximum atomic E-state index is 13.6. The van der Waals surface area contributed by atoms with Gasteiger partial charge in [-0.1, -0.05) is 63.3 Å². The average Bonchev–Trinajstić information content (AvgIpc) is 3.54. The van der Waals surface area contributed by atoms with Gasteiger partial charge in [-0.15, -0.1) is 0 Å². The molecule has 1 N–H and O–H groups in total. The van der Waals surface area contributed by atoms with E-state index in [1.807, 2.05) is 0 Å². The summed E-state index contributed by atoms with van der Waals surface area (Å²) in [5, 5.41) is 15.9. The molecule has 6 aliphatic rings. The van der Waals surface area contributed by atoms with Gasteiger partial charge in [0.2, 0.25) is 0 Å². The molecule has 4 bridgehead atoms. The SMILES string of the molecule is CC(C)C1=C[C@@H]2C[C@]3(C=O)[C@@H]4CC[C@@H](C)[C@H]4C[C@@]2(C2=NOC(C4CCCCC4)C2)[C@]13C(=O)O. The first-order valence-electron chi connectivity index (χ1n) is 13.5. The van der Waals surface area contributed by atoms with E-state index in [0.29, 0.717) is 24.2 Å². The zero-order valence-electron chi connectivity index (χ0n) is 20.4. The van der Waals surface area contributed by atoms with Gasteiger partial charge in [-0.05, 0) is 67.6 Å². The highest BCUT2D eigenvalue weighted by molar-refractivity contribution is 6.03. The fraction of sp³-hybridized carbons (Fsp3) is 0.821. The number of carbonyl (C=O) groups is 2. The molecule has 1 aliphatic heterocycles. The van der Waals surface area contributed by atoms with Crippen LogP contribution in [-0.4, -0.2) is 29.2 Å². The van der Waals surface area contributed by atoms with Crippen molar-refractivity contribution in [1.29, 1.82) is 0 Å². The third-order valence-electron chi connectivity index (χ3n) is 11.3. The number of aldehydes is 1. The van der Waals surface area contributed by atoms with Crippen LogP contribution in [0.15, 0.2) is 16.8 Å². The Morgan fingerprint density at radius 1 is 1.18 bits per heavy atom. The van der Waals surface area contributed by atoms with E-state index in [1.54, 1.807) is 0 Å². The molecular formula is C28H39NO4. The Morgan fingerprint density at radius 3 is 2.61 bits per heavy atom. The summed E-state index contributed by atoms with van der Waals surface area (Å²) in [6.07, 6.45) is 13.9. The van der Waals surface area contributed by atoms with Crippen LogP contribution in [0, 0.1) is 51.8 Å². The van der Waals surface area contributed by atoms with E-state index in [9.17, 15) is 14.7 Å². The maximum absolute atomic E-state index is 13.6. The smallest absolute Gasteiger partial charge is 0.315 e. The van der Waals surface area contributed by atoms with Crippen LogP contribution >= 0.6 is 0 Å². The molecule has 1 unspecified atom stereocenters.